The molecule has 0 saturated heterocycles. The summed E-state index contributed by atoms with van der Waals surface area (Å²) in [6.07, 6.45) is 1.56. The van der Waals surface area contributed by atoms with Crippen LogP contribution in [0.5, 0.6) is 0 Å². The normalized spacial score (nSPS) is 9.67. The summed E-state index contributed by atoms with van der Waals surface area (Å²) in [5.41, 5.74) is 0.857. The highest BCUT2D eigenvalue weighted by molar-refractivity contribution is 9.09. The molecule has 0 bridgehead atoms. The first-order chi connectivity index (χ1) is 7.29. The highest BCUT2D eigenvalue weighted by Crippen LogP contribution is 2.05. The second-order valence-corrected chi connectivity index (χ2v) is 3.80. The van der Waals surface area contributed by atoms with Crippen LogP contribution in [0.1, 0.15) is 27.1 Å². The Hall–Kier alpha value is -1.16. The number of hydrogen-bond acceptors (Lipinski definition) is 2. The van der Waals surface area contributed by atoms with Gasteiger partial charge in [-0.25, -0.2) is 0 Å². The third kappa shape index (κ3) is 3.47. The van der Waals surface area contributed by atoms with Crippen molar-refractivity contribution >= 4 is 28.1 Å². The lowest BCUT2D eigenvalue weighted by atomic mass is 10.1. The summed E-state index contributed by atoms with van der Waals surface area (Å²) in [5, 5.41) is 3.60. The minimum atomic E-state index is -0.196. The van der Waals surface area contributed by atoms with Crippen molar-refractivity contribution in [1.29, 1.82) is 0 Å². The van der Waals surface area contributed by atoms with E-state index in [9.17, 15) is 9.59 Å². The van der Waals surface area contributed by atoms with Crippen molar-refractivity contribution in [3.63, 3.8) is 0 Å². The van der Waals surface area contributed by atoms with Crippen LogP contribution >= 0.6 is 15.9 Å². The molecule has 0 saturated carbocycles. The van der Waals surface area contributed by atoms with Gasteiger partial charge in [0.15, 0.2) is 6.29 Å². The smallest absolute Gasteiger partial charge is 0.252 e. The maximum absolute atomic E-state index is 11.6. The second-order valence-electron chi connectivity index (χ2n) is 3.00. The highest BCUT2D eigenvalue weighted by atomic mass is 79.9. The molecule has 0 unspecified atom stereocenters. The quantitative estimate of drug-likeness (QED) is 0.505. The van der Waals surface area contributed by atoms with Crippen molar-refractivity contribution in [2.24, 2.45) is 0 Å². The topological polar surface area (TPSA) is 46.2 Å². The molecule has 1 amide bonds. The van der Waals surface area contributed by atoms with Crippen LogP contribution in [0.2, 0.25) is 0 Å². The lowest BCUT2D eigenvalue weighted by molar-refractivity contribution is 0.0948. The molecule has 0 aliphatic carbocycles. The molecule has 0 aliphatic rings. The van der Waals surface area contributed by atoms with Crippen LogP contribution in [0.25, 0.3) is 0 Å². The van der Waals surface area contributed by atoms with Crippen molar-refractivity contribution in [2.75, 3.05) is 11.9 Å². The summed E-state index contributed by atoms with van der Waals surface area (Å²) < 4.78 is 0. The Labute approximate surface area is 97.0 Å². The number of halogens is 1. The Kier molecular flexibility index (Phi) is 5.04. The van der Waals surface area contributed by atoms with Crippen molar-refractivity contribution < 1.29 is 9.59 Å². The van der Waals surface area contributed by atoms with E-state index in [4.69, 9.17) is 0 Å². The van der Waals surface area contributed by atoms with Crippen LogP contribution in [-0.2, 0) is 0 Å². The van der Waals surface area contributed by atoms with E-state index >= 15 is 0 Å². The molecule has 3 nitrogen and oxygen atoms in total. The molecule has 0 atom stereocenters. The standard InChI is InChI=1S/C11H12BrNO2/c12-6-3-7-13-11(15)10-5-2-1-4-9(10)8-14/h1-2,4-5,8H,3,6-7H2,(H,13,15). The lowest BCUT2D eigenvalue weighted by Gasteiger charge is -2.05. The summed E-state index contributed by atoms with van der Waals surface area (Å²) in [6, 6.07) is 6.75. The van der Waals surface area contributed by atoms with E-state index in [2.05, 4.69) is 21.2 Å². The highest BCUT2D eigenvalue weighted by Gasteiger charge is 2.08. The third-order valence-corrected chi connectivity index (χ3v) is 2.49. The van der Waals surface area contributed by atoms with E-state index in [0.29, 0.717) is 24.0 Å². The van der Waals surface area contributed by atoms with Gasteiger partial charge in [0, 0.05) is 23.0 Å². The van der Waals surface area contributed by atoms with Crippen molar-refractivity contribution in [2.45, 2.75) is 6.42 Å². The number of carbonyl (C=O) groups is 2. The number of aldehydes is 1. The molecule has 0 heterocycles. The summed E-state index contributed by atoms with van der Waals surface area (Å²) in [4.78, 5) is 22.3. The lowest BCUT2D eigenvalue weighted by Crippen LogP contribution is -2.25. The van der Waals surface area contributed by atoms with E-state index in [1.54, 1.807) is 24.3 Å². The molecule has 0 spiro atoms. The van der Waals surface area contributed by atoms with E-state index in [1.807, 2.05) is 0 Å². The molecule has 1 N–H and O–H groups in total. The molecule has 80 valence electrons. The number of nitrogens with one attached hydrogen (secondary N) is 1. The minimum absolute atomic E-state index is 0.196. The summed E-state index contributed by atoms with van der Waals surface area (Å²) in [6.45, 7) is 0.608. The Bertz CT molecular complexity index is 352. The predicted molar refractivity (Wildman–Crippen MR) is 62.6 cm³/mol. The number of hydrogen-bond donors (Lipinski definition) is 1. The van der Waals surface area contributed by atoms with Crippen molar-refractivity contribution in [3.8, 4) is 0 Å². The Morgan fingerprint density at radius 2 is 2.13 bits per heavy atom. The SMILES string of the molecule is O=Cc1ccccc1C(=O)NCCCBr. The molecular formula is C11H12BrNO2. The Morgan fingerprint density at radius 3 is 2.80 bits per heavy atom. The van der Waals surface area contributed by atoms with Crippen LogP contribution in [0.4, 0.5) is 0 Å². The largest absolute Gasteiger partial charge is 0.352 e. The van der Waals surface area contributed by atoms with Gasteiger partial charge in [-0.2, -0.15) is 0 Å². The molecule has 1 rings (SSSR count). The predicted octanol–water partition coefficient (Wildman–Crippen LogP) is 2.01. The number of benzene rings is 1. The third-order valence-electron chi connectivity index (χ3n) is 1.93. The van der Waals surface area contributed by atoms with Gasteiger partial charge >= 0.3 is 0 Å². The fraction of sp³-hybridized carbons (Fsp3) is 0.273. The average molecular weight is 270 g/mol. The average Bonchev–Trinajstić information content (AvgIpc) is 2.29. The summed E-state index contributed by atoms with van der Waals surface area (Å²) in [5.74, 6) is -0.196. The van der Waals surface area contributed by atoms with Gasteiger partial charge < -0.3 is 5.32 Å². The maximum Gasteiger partial charge on any atom is 0.252 e. The van der Waals surface area contributed by atoms with Crippen LogP contribution in [0, 0.1) is 0 Å². The molecule has 1 aromatic rings. The first-order valence-electron chi connectivity index (χ1n) is 4.68. The Morgan fingerprint density at radius 1 is 1.40 bits per heavy atom. The molecule has 15 heavy (non-hydrogen) atoms. The Balaban J connectivity index is 2.68. The van der Waals surface area contributed by atoms with Crippen LogP contribution < -0.4 is 5.32 Å². The zero-order valence-electron chi connectivity index (χ0n) is 8.20. The van der Waals surface area contributed by atoms with Crippen LogP contribution in [-0.4, -0.2) is 24.1 Å². The van der Waals surface area contributed by atoms with Crippen LogP contribution in [0.3, 0.4) is 0 Å². The fourth-order valence-electron chi connectivity index (χ4n) is 1.17. The first kappa shape index (κ1) is 11.9. The number of amides is 1. The van der Waals surface area contributed by atoms with E-state index in [0.717, 1.165) is 11.8 Å². The first-order valence-corrected chi connectivity index (χ1v) is 5.80. The van der Waals surface area contributed by atoms with Gasteiger partial charge in [-0.05, 0) is 12.5 Å². The van der Waals surface area contributed by atoms with Gasteiger partial charge in [-0.3, -0.25) is 9.59 Å². The number of rotatable bonds is 5. The maximum atomic E-state index is 11.6. The number of carbonyl (C=O) groups excluding carboxylic acids is 2. The van der Waals surface area contributed by atoms with E-state index in [-0.39, 0.29) is 5.91 Å². The van der Waals surface area contributed by atoms with Crippen molar-refractivity contribution in [3.05, 3.63) is 35.4 Å². The van der Waals surface area contributed by atoms with Gasteiger partial charge in [-0.15, -0.1) is 0 Å². The van der Waals surface area contributed by atoms with Gasteiger partial charge in [0.1, 0.15) is 0 Å². The van der Waals surface area contributed by atoms with Gasteiger partial charge in [-0.1, -0.05) is 34.1 Å². The zero-order valence-corrected chi connectivity index (χ0v) is 9.79. The fourth-order valence-corrected chi connectivity index (χ4v) is 1.45. The number of alkyl halides is 1. The molecular weight excluding hydrogens is 258 g/mol. The van der Waals surface area contributed by atoms with E-state index < -0.39 is 0 Å². The molecule has 0 fully saturated rings. The van der Waals surface area contributed by atoms with Gasteiger partial charge in [0.05, 0.1) is 0 Å². The summed E-state index contributed by atoms with van der Waals surface area (Å²) in [7, 11) is 0. The molecule has 1 aromatic carbocycles. The second kappa shape index (κ2) is 6.35. The van der Waals surface area contributed by atoms with Gasteiger partial charge in [0.2, 0.25) is 0 Å². The molecule has 0 radical (unpaired) electrons. The summed E-state index contributed by atoms with van der Waals surface area (Å²) >= 11 is 3.28. The monoisotopic (exact) mass is 269 g/mol. The zero-order chi connectivity index (χ0) is 11.1. The van der Waals surface area contributed by atoms with Gasteiger partial charge in [0.25, 0.3) is 5.91 Å². The molecule has 0 aromatic heterocycles. The van der Waals surface area contributed by atoms with Crippen LogP contribution in [0.15, 0.2) is 24.3 Å². The minimum Gasteiger partial charge on any atom is -0.352 e. The van der Waals surface area contributed by atoms with Crippen molar-refractivity contribution in [1.82, 2.24) is 5.32 Å². The molecule has 4 heteroatoms. The van der Waals surface area contributed by atoms with E-state index in [1.165, 1.54) is 0 Å². The molecule has 0 aliphatic heterocycles.